The Morgan fingerprint density at radius 1 is 1.18 bits per heavy atom. The lowest BCUT2D eigenvalue weighted by molar-refractivity contribution is -0.0507. The molecular formula is C13H17F2NO. The van der Waals surface area contributed by atoms with Crippen LogP contribution in [0.4, 0.5) is 8.78 Å². The lowest BCUT2D eigenvalue weighted by Gasteiger charge is -2.21. The summed E-state index contributed by atoms with van der Waals surface area (Å²) in [4.78, 5) is 0. The first-order valence-electron chi connectivity index (χ1n) is 5.98. The quantitative estimate of drug-likeness (QED) is 0.875. The Hall–Kier alpha value is -1.16. The summed E-state index contributed by atoms with van der Waals surface area (Å²) in [6, 6.07) is 6.62. The molecule has 1 unspecified atom stereocenters. The average molecular weight is 241 g/mol. The second-order valence-electron chi connectivity index (χ2n) is 4.49. The molecule has 2 nitrogen and oxygen atoms in total. The Morgan fingerprint density at radius 2 is 1.82 bits per heavy atom. The van der Waals surface area contributed by atoms with Gasteiger partial charge in [-0.2, -0.15) is 8.78 Å². The normalized spacial score (nSPS) is 18.6. The number of benzene rings is 1. The van der Waals surface area contributed by atoms with Crippen LogP contribution in [0.3, 0.4) is 0 Å². The van der Waals surface area contributed by atoms with Gasteiger partial charge in [0, 0.05) is 11.6 Å². The molecule has 1 aromatic rings. The standard InChI is InChI=1S/C13H17F2NO/c14-13(15)17-11-8-4-3-7-10(11)12(16)9-5-1-2-6-9/h3-4,7-9,12-13H,1-2,5-6,16H2. The maximum Gasteiger partial charge on any atom is 0.387 e. The number of halogens is 2. The lowest BCUT2D eigenvalue weighted by Crippen LogP contribution is -2.20. The lowest BCUT2D eigenvalue weighted by atomic mass is 9.92. The van der Waals surface area contributed by atoms with Gasteiger partial charge in [-0.05, 0) is 24.8 Å². The number of hydrogen-bond acceptors (Lipinski definition) is 2. The molecule has 1 aliphatic carbocycles. The molecule has 0 amide bonds. The first kappa shape index (κ1) is 12.3. The Morgan fingerprint density at radius 3 is 2.47 bits per heavy atom. The third-order valence-electron chi connectivity index (χ3n) is 3.40. The monoisotopic (exact) mass is 241 g/mol. The molecule has 0 aliphatic heterocycles. The summed E-state index contributed by atoms with van der Waals surface area (Å²) in [6.07, 6.45) is 4.50. The van der Waals surface area contributed by atoms with E-state index in [0.717, 1.165) is 12.8 Å². The fourth-order valence-electron chi connectivity index (χ4n) is 2.53. The SMILES string of the molecule is NC(c1ccccc1OC(F)F)C1CCCC1. The summed E-state index contributed by atoms with van der Waals surface area (Å²) < 4.78 is 29.1. The molecule has 1 fully saturated rings. The molecule has 0 radical (unpaired) electrons. The summed E-state index contributed by atoms with van der Waals surface area (Å²) in [6.45, 7) is -2.80. The Balaban J connectivity index is 2.18. The maximum atomic E-state index is 12.3. The van der Waals surface area contributed by atoms with E-state index in [1.165, 1.54) is 12.8 Å². The second kappa shape index (κ2) is 5.45. The molecule has 1 atom stereocenters. The molecule has 0 bridgehead atoms. The van der Waals surface area contributed by atoms with E-state index in [4.69, 9.17) is 5.73 Å². The van der Waals surface area contributed by atoms with Crippen LogP contribution in [0.15, 0.2) is 24.3 Å². The van der Waals surface area contributed by atoms with E-state index < -0.39 is 6.61 Å². The van der Waals surface area contributed by atoms with E-state index >= 15 is 0 Å². The van der Waals surface area contributed by atoms with Crippen LogP contribution < -0.4 is 10.5 Å². The van der Waals surface area contributed by atoms with Gasteiger partial charge in [-0.25, -0.2) is 0 Å². The van der Waals surface area contributed by atoms with Crippen molar-refractivity contribution < 1.29 is 13.5 Å². The minimum atomic E-state index is -2.80. The van der Waals surface area contributed by atoms with E-state index in [1.54, 1.807) is 18.2 Å². The highest BCUT2D eigenvalue weighted by molar-refractivity contribution is 5.36. The number of hydrogen-bond donors (Lipinski definition) is 1. The van der Waals surface area contributed by atoms with Gasteiger partial charge in [-0.3, -0.25) is 0 Å². The summed E-state index contributed by atoms with van der Waals surface area (Å²) in [5, 5.41) is 0. The van der Waals surface area contributed by atoms with Crippen LogP contribution >= 0.6 is 0 Å². The zero-order valence-corrected chi connectivity index (χ0v) is 9.61. The largest absolute Gasteiger partial charge is 0.434 e. The highest BCUT2D eigenvalue weighted by Gasteiger charge is 2.25. The number of rotatable bonds is 4. The van der Waals surface area contributed by atoms with Crippen LogP contribution in [0.25, 0.3) is 0 Å². The van der Waals surface area contributed by atoms with E-state index in [1.807, 2.05) is 6.07 Å². The topological polar surface area (TPSA) is 35.2 Å². The number of nitrogens with two attached hydrogens (primary N) is 1. The highest BCUT2D eigenvalue weighted by atomic mass is 19.3. The van der Waals surface area contributed by atoms with Gasteiger partial charge >= 0.3 is 6.61 Å². The van der Waals surface area contributed by atoms with Gasteiger partial charge in [0.15, 0.2) is 0 Å². The molecule has 4 heteroatoms. The predicted octanol–water partition coefficient (Wildman–Crippen LogP) is 3.48. The van der Waals surface area contributed by atoms with Crippen LogP contribution in [0.2, 0.25) is 0 Å². The average Bonchev–Trinajstić information content (AvgIpc) is 2.81. The molecule has 94 valence electrons. The molecule has 0 saturated heterocycles. The van der Waals surface area contributed by atoms with Crippen LogP contribution in [0, 0.1) is 5.92 Å². The van der Waals surface area contributed by atoms with Gasteiger partial charge in [0.25, 0.3) is 0 Å². The third kappa shape index (κ3) is 2.94. The Kier molecular flexibility index (Phi) is 3.94. The summed E-state index contributed by atoms with van der Waals surface area (Å²) in [5.74, 6) is 0.597. The van der Waals surface area contributed by atoms with Crippen molar-refractivity contribution in [3.8, 4) is 5.75 Å². The molecule has 1 saturated carbocycles. The molecule has 0 aromatic heterocycles. The zero-order valence-electron chi connectivity index (χ0n) is 9.61. The van der Waals surface area contributed by atoms with Crippen molar-refractivity contribution in [2.45, 2.75) is 38.3 Å². The molecule has 0 heterocycles. The summed E-state index contributed by atoms with van der Waals surface area (Å²) in [5.41, 5.74) is 6.85. The van der Waals surface area contributed by atoms with Crippen molar-refractivity contribution in [3.05, 3.63) is 29.8 Å². The van der Waals surface area contributed by atoms with Crippen LogP contribution in [0.1, 0.15) is 37.3 Å². The summed E-state index contributed by atoms with van der Waals surface area (Å²) >= 11 is 0. The Bertz CT molecular complexity index is 364. The van der Waals surface area contributed by atoms with Crippen molar-refractivity contribution in [2.75, 3.05) is 0 Å². The predicted molar refractivity (Wildman–Crippen MR) is 62.0 cm³/mol. The van der Waals surface area contributed by atoms with Crippen molar-refractivity contribution in [1.82, 2.24) is 0 Å². The third-order valence-corrected chi connectivity index (χ3v) is 3.40. The minimum absolute atomic E-state index is 0.201. The fraction of sp³-hybridized carbons (Fsp3) is 0.538. The van der Waals surface area contributed by atoms with E-state index in [9.17, 15) is 8.78 Å². The summed E-state index contributed by atoms with van der Waals surface area (Å²) in [7, 11) is 0. The van der Waals surface area contributed by atoms with Crippen LogP contribution in [-0.4, -0.2) is 6.61 Å². The fourth-order valence-corrected chi connectivity index (χ4v) is 2.53. The van der Waals surface area contributed by atoms with Gasteiger partial charge < -0.3 is 10.5 Å². The number of alkyl halides is 2. The van der Waals surface area contributed by atoms with Gasteiger partial charge in [-0.15, -0.1) is 0 Å². The number of ether oxygens (including phenoxy) is 1. The first-order chi connectivity index (χ1) is 8.18. The molecule has 0 spiro atoms. The highest BCUT2D eigenvalue weighted by Crippen LogP contribution is 2.37. The van der Waals surface area contributed by atoms with E-state index in [2.05, 4.69) is 4.74 Å². The smallest absolute Gasteiger partial charge is 0.387 e. The minimum Gasteiger partial charge on any atom is -0.434 e. The van der Waals surface area contributed by atoms with Crippen molar-refractivity contribution >= 4 is 0 Å². The number of para-hydroxylation sites is 1. The van der Waals surface area contributed by atoms with Gasteiger partial charge in [0.05, 0.1) is 0 Å². The van der Waals surface area contributed by atoms with Gasteiger partial charge in [0.1, 0.15) is 5.75 Å². The first-order valence-corrected chi connectivity index (χ1v) is 5.98. The Labute approximate surface area is 99.8 Å². The van der Waals surface area contributed by atoms with Crippen molar-refractivity contribution in [2.24, 2.45) is 11.7 Å². The molecule has 17 heavy (non-hydrogen) atoms. The van der Waals surface area contributed by atoms with Gasteiger partial charge in [0.2, 0.25) is 0 Å². The van der Waals surface area contributed by atoms with E-state index in [-0.39, 0.29) is 11.8 Å². The van der Waals surface area contributed by atoms with Crippen molar-refractivity contribution in [1.29, 1.82) is 0 Å². The molecular weight excluding hydrogens is 224 g/mol. The molecule has 2 N–H and O–H groups in total. The molecule has 1 aliphatic rings. The second-order valence-corrected chi connectivity index (χ2v) is 4.49. The van der Waals surface area contributed by atoms with Crippen molar-refractivity contribution in [3.63, 3.8) is 0 Å². The maximum absolute atomic E-state index is 12.3. The molecule has 1 aromatic carbocycles. The zero-order chi connectivity index (χ0) is 12.3. The van der Waals surface area contributed by atoms with E-state index in [0.29, 0.717) is 11.5 Å². The molecule has 2 rings (SSSR count). The van der Waals surface area contributed by atoms with Crippen LogP contribution in [0.5, 0.6) is 5.75 Å². The van der Waals surface area contributed by atoms with Crippen LogP contribution in [-0.2, 0) is 0 Å². The van der Waals surface area contributed by atoms with Gasteiger partial charge in [-0.1, -0.05) is 31.0 Å².